The lowest BCUT2D eigenvalue weighted by molar-refractivity contribution is 0.635. The van der Waals surface area contributed by atoms with Gasteiger partial charge in [0.2, 0.25) is 0 Å². The highest BCUT2D eigenvalue weighted by Gasteiger charge is 2.17. The maximum absolute atomic E-state index is 3.96. The van der Waals surface area contributed by atoms with Gasteiger partial charge < -0.3 is 0 Å². The van der Waals surface area contributed by atoms with Crippen molar-refractivity contribution in [2.45, 2.75) is 52.4 Å². The van der Waals surface area contributed by atoms with Gasteiger partial charge in [-0.05, 0) is 42.8 Å². The lowest BCUT2D eigenvalue weighted by Crippen LogP contribution is -2.06. The second kappa shape index (κ2) is 11.0. The van der Waals surface area contributed by atoms with Crippen molar-refractivity contribution < 1.29 is 0 Å². The molecule has 0 aromatic carbocycles. The van der Waals surface area contributed by atoms with E-state index in [0.717, 1.165) is 6.42 Å². The summed E-state index contributed by atoms with van der Waals surface area (Å²) in [6.45, 7) is 12.4. The lowest BCUT2D eigenvalue weighted by Gasteiger charge is -2.36. The van der Waals surface area contributed by atoms with E-state index in [1.807, 2.05) is 6.08 Å². The van der Waals surface area contributed by atoms with Crippen LogP contribution in [0.2, 0.25) is 0 Å². The molecule has 0 amide bonds. The second-order valence-electron chi connectivity index (χ2n) is 4.79. The molecule has 0 bridgehead atoms. The molecule has 0 aliphatic rings. The molecule has 0 saturated carbocycles. The van der Waals surface area contributed by atoms with Gasteiger partial charge in [-0.15, -0.1) is 10.8 Å². The van der Waals surface area contributed by atoms with E-state index in [4.69, 9.17) is 0 Å². The van der Waals surface area contributed by atoms with Gasteiger partial charge >= 0.3 is 0 Å². The zero-order valence-electron chi connectivity index (χ0n) is 12.7. The first-order chi connectivity index (χ1) is 8.64. The molecule has 108 valence electrons. The van der Waals surface area contributed by atoms with Gasteiger partial charge in [-0.3, -0.25) is 0 Å². The minimum Gasteiger partial charge on any atom is -0.193 e. The third kappa shape index (κ3) is 7.58. The van der Waals surface area contributed by atoms with Crippen molar-refractivity contribution in [2.75, 3.05) is 23.5 Å². The predicted octanol–water partition coefficient (Wildman–Crippen LogP) is 6.19. The van der Waals surface area contributed by atoms with Crippen molar-refractivity contribution >= 4 is 19.9 Å². The first-order valence-electron chi connectivity index (χ1n) is 7.26. The van der Waals surface area contributed by atoms with E-state index in [1.54, 1.807) is 0 Å². The van der Waals surface area contributed by atoms with Crippen LogP contribution < -0.4 is 0 Å². The van der Waals surface area contributed by atoms with Crippen molar-refractivity contribution in [3.63, 3.8) is 0 Å². The monoisotopic (exact) mass is 288 g/mol. The average Bonchev–Trinajstić information content (AvgIpc) is 2.42. The van der Waals surface area contributed by atoms with Crippen molar-refractivity contribution in [2.24, 2.45) is 0 Å². The molecule has 0 saturated heterocycles. The van der Waals surface area contributed by atoms with Gasteiger partial charge in [-0.25, -0.2) is 0 Å². The number of hydrogen-bond acceptors (Lipinski definition) is 1. The quantitative estimate of drug-likeness (QED) is 0.234. The molecule has 0 atom stereocenters. The number of allylic oxidation sites excluding steroid dienone is 2. The van der Waals surface area contributed by atoms with Gasteiger partial charge in [0, 0.05) is 0 Å². The highest BCUT2D eigenvalue weighted by atomic mass is 33.2. The Balaban J connectivity index is 3.55. The van der Waals surface area contributed by atoms with Gasteiger partial charge in [0.25, 0.3) is 0 Å². The predicted molar refractivity (Wildman–Crippen MR) is 94.1 cm³/mol. The molecule has 0 aliphatic carbocycles. The minimum atomic E-state index is -0.331. The van der Waals surface area contributed by atoms with Crippen LogP contribution >= 0.6 is 19.9 Å². The van der Waals surface area contributed by atoms with Crippen molar-refractivity contribution in [1.82, 2.24) is 0 Å². The standard InChI is InChI=1S/C16H32S2/c1-6-16(4)14-12-10-9-11-13-15-18(7-2,8-3)17-5/h6H,1,4,7-15H2,2-3,5H3. The molecular formula is C16H32S2. The molecule has 0 N–H and O–H groups in total. The Morgan fingerprint density at radius 1 is 1.06 bits per heavy atom. The number of hydrogen-bond donors (Lipinski definition) is 0. The van der Waals surface area contributed by atoms with E-state index in [9.17, 15) is 0 Å². The highest BCUT2D eigenvalue weighted by molar-refractivity contribution is 8.94. The van der Waals surface area contributed by atoms with Crippen LogP contribution in [0.5, 0.6) is 0 Å². The molecule has 0 unspecified atom stereocenters. The summed E-state index contributed by atoms with van der Waals surface area (Å²) in [5.41, 5.74) is 1.19. The molecule has 2 heteroatoms. The molecule has 18 heavy (non-hydrogen) atoms. The van der Waals surface area contributed by atoms with Gasteiger partial charge in [-0.2, -0.15) is 9.06 Å². The summed E-state index contributed by atoms with van der Waals surface area (Å²) in [5, 5.41) is 0. The summed E-state index contributed by atoms with van der Waals surface area (Å²) in [5.74, 6) is 4.26. The van der Waals surface area contributed by atoms with Crippen LogP contribution in [0.15, 0.2) is 24.8 Å². The molecule has 0 heterocycles. The molecular weight excluding hydrogens is 256 g/mol. The fourth-order valence-corrected chi connectivity index (χ4v) is 6.78. The fourth-order valence-electron chi connectivity index (χ4n) is 2.16. The van der Waals surface area contributed by atoms with E-state index in [1.165, 1.54) is 54.9 Å². The van der Waals surface area contributed by atoms with Crippen LogP contribution in [0.3, 0.4) is 0 Å². The molecule has 0 nitrogen and oxygen atoms in total. The summed E-state index contributed by atoms with van der Waals surface area (Å²) in [4.78, 5) is 0. The van der Waals surface area contributed by atoms with E-state index < -0.39 is 0 Å². The topological polar surface area (TPSA) is 0 Å². The Kier molecular flexibility index (Phi) is 11.2. The Bertz CT molecular complexity index is 221. The van der Waals surface area contributed by atoms with Crippen molar-refractivity contribution in [1.29, 1.82) is 0 Å². The number of rotatable bonds is 12. The molecule has 0 aromatic heterocycles. The zero-order chi connectivity index (χ0) is 13.9. The molecule has 0 radical (unpaired) electrons. The lowest BCUT2D eigenvalue weighted by atomic mass is 10.1. The molecule has 0 aromatic rings. The third-order valence-corrected chi connectivity index (χ3v) is 11.6. The van der Waals surface area contributed by atoms with Gasteiger partial charge in [0.05, 0.1) is 0 Å². The van der Waals surface area contributed by atoms with Gasteiger partial charge in [-0.1, -0.05) is 57.9 Å². The maximum atomic E-state index is 3.96. The van der Waals surface area contributed by atoms with Gasteiger partial charge in [0.15, 0.2) is 0 Å². The summed E-state index contributed by atoms with van der Waals surface area (Å²) in [7, 11) is 1.82. The number of unbranched alkanes of at least 4 members (excludes halogenated alkanes) is 4. The fraction of sp³-hybridized carbons (Fsp3) is 0.750. The largest absolute Gasteiger partial charge is 0.193 e. The second-order valence-corrected chi connectivity index (χ2v) is 11.7. The Labute approximate surface area is 120 Å². The van der Waals surface area contributed by atoms with E-state index in [0.29, 0.717) is 0 Å². The summed E-state index contributed by atoms with van der Waals surface area (Å²) >= 11 is 0. The Hall–Kier alpha value is 0.180. The van der Waals surface area contributed by atoms with Crippen molar-refractivity contribution in [3.05, 3.63) is 24.8 Å². The molecule has 0 aliphatic heterocycles. The first kappa shape index (κ1) is 18.2. The van der Waals surface area contributed by atoms with Crippen LogP contribution in [-0.4, -0.2) is 23.5 Å². The third-order valence-electron chi connectivity index (χ3n) is 3.71. The Morgan fingerprint density at radius 3 is 2.11 bits per heavy atom. The minimum absolute atomic E-state index is 0.331. The molecule has 0 fully saturated rings. The normalized spacial score (nSPS) is 12.4. The maximum Gasteiger partial charge on any atom is -0.00940 e. The van der Waals surface area contributed by atoms with Gasteiger partial charge in [0.1, 0.15) is 0 Å². The molecule has 0 rings (SSSR count). The smallest absolute Gasteiger partial charge is 0.00940 e. The van der Waals surface area contributed by atoms with Crippen LogP contribution in [0.25, 0.3) is 0 Å². The van der Waals surface area contributed by atoms with Crippen LogP contribution in [-0.2, 0) is 0 Å². The summed E-state index contributed by atoms with van der Waals surface area (Å²) in [6, 6.07) is 0. The summed E-state index contributed by atoms with van der Waals surface area (Å²) in [6.07, 6.45) is 12.2. The van der Waals surface area contributed by atoms with Crippen LogP contribution in [0, 0.1) is 0 Å². The Morgan fingerprint density at radius 2 is 1.61 bits per heavy atom. The van der Waals surface area contributed by atoms with Crippen molar-refractivity contribution in [3.8, 4) is 0 Å². The van der Waals surface area contributed by atoms with Crippen LogP contribution in [0.1, 0.15) is 52.4 Å². The SMILES string of the molecule is C=CC(=C)CCCCCCCS(CC)(CC)SC. The van der Waals surface area contributed by atoms with E-state index in [-0.39, 0.29) is 9.06 Å². The van der Waals surface area contributed by atoms with E-state index >= 15 is 0 Å². The molecule has 0 spiro atoms. The van der Waals surface area contributed by atoms with Crippen LogP contribution in [0.4, 0.5) is 0 Å². The highest BCUT2D eigenvalue weighted by Crippen LogP contribution is 2.58. The zero-order valence-corrected chi connectivity index (χ0v) is 14.3. The summed E-state index contributed by atoms with van der Waals surface area (Å²) < 4.78 is 0. The average molecular weight is 289 g/mol. The first-order valence-corrected chi connectivity index (χ1v) is 11.1. The van der Waals surface area contributed by atoms with E-state index in [2.05, 4.69) is 44.1 Å².